The number of carboxylic acid groups (broad SMARTS) is 1. The topological polar surface area (TPSA) is 58.6 Å². The predicted molar refractivity (Wildman–Crippen MR) is 78.3 cm³/mol. The molecule has 5 heteroatoms. The molecule has 0 atom stereocenters. The third-order valence-electron chi connectivity index (χ3n) is 2.90. The third-order valence-corrected chi connectivity index (χ3v) is 2.90. The molecule has 0 heterocycles. The van der Waals surface area contributed by atoms with Crippen LogP contribution in [0.25, 0.3) is 0 Å². The van der Waals surface area contributed by atoms with Crippen LogP contribution in [0.3, 0.4) is 0 Å². The van der Waals surface area contributed by atoms with Gasteiger partial charge in [-0.2, -0.15) is 0 Å². The maximum atomic E-state index is 13.3. The number of aromatic carboxylic acids is 1. The van der Waals surface area contributed by atoms with E-state index < -0.39 is 11.8 Å². The first-order chi connectivity index (χ1) is 10.1. The van der Waals surface area contributed by atoms with Crippen LogP contribution in [0, 0.1) is 5.82 Å². The average Bonchev–Trinajstić information content (AvgIpc) is 2.47. The number of carbonyl (C=O) groups is 1. The molecule has 0 spiro atoms. The minimum Gasteiger partial charge on any atom is -0.494 e. The lowest BCUT2D eigenvalue weighted by molar-refractivity contribution is 0.0692. The molecule has 0 unspecified atom stereocenters. The molecule has 0 radical (unpaired) electrons. The minimum atomic E-state index is -1.28. The smallest absolute Gasteiger partial charge is 0.338 e. The molecular formula is C16H16FNO3. The number of carboxylic acids is 1. The van der Waals surface area contributed by atoms with E-state index in [1.54, 1.807) is 0 Å². The normalized spacial score (nSPS) is 10.2. The molecule has 0 saturated carbocycles. The number of benzene rings is 2. The molecule has 2 rings (SSSR count). The van der Waals surface area contributed by atoms with Crippen LogP contribution in [-0.4, -0.2) is 17.7 Å². The Balaban J connectivity index is 2.07. The molecule has 2 N–H and O–H groups in total. The highest BCUT2D eigenvalue weighted by atomic mass is 19.1. The summed E-state index contributed by atoms with van der Waals surface area (Å²) in [5.41, 5.74) is 1.20. The predicted octanol–water partition coefficient (Wildman–Crippen LogP) is 3.53. The van der Waals surface area contributed by atoms with Crippen molar-refractivity contribution >= 4 is 11.7 Å². The van der Waals surface area contributed by atoms with Gasteiger partial charge in [0, 0.05) is 12.2 Å². The lowest BCUT2D eigenvalue weighted by Crippen LogP contribution is -2.04. The van der Waals surface area contributed by atoms with Crippen LogP contribution in [0.5, 0.6) is 5.75 Å². The van der Waals surface area contributed by atoms with E-state index in [0.717, 1.165) is 17.4 Å². The van der Waals surface area contributed by atoms with Crippen LogP contribution < -0.4 is 10.1 Å². The van der Waals surface area contributed by atoms with Crippen LogP contribution in [0.4, 0.5) is 10.1 Å². The Kier molecular flexibility index (Phi) is 4.77. The minimum absolute atomic E-state index is 0.344. The van der Waals surface area contributed by atoms with Crippen molar-refractivity contribution < 1.29 is 19.0 Å². The number of rotatable bonds is 6. The van der Waals surface area contributed by atoms with Crippen molar-refractivity contribution in [3.8, 4) is 5.75 Å². The molecule has 0 aromatic heterocycles. The van der Waals surface area contributed by atoms with Crippen molar-refractivity contribution in [2.45, 2.75) is 13.5 Å². The molecule has 4 nitrogen and oxygen atoms in total. The SMILES string of the molecule is CCOc1cccc(CNc2ccc(F)c(C(=O)O)c2)c1. The largest absolute Gasteiger partial charge is 0.494 e. The number of anilines is 1. The van der Waals surface area contributed by atoms with E-state index in [4.69, 9.17) is 9.84 Å². The van der Waals surface area contributed by atoms with Gasteiger partial charge in [0.05, 0.1) is 12.2 Å². The van der Waals surface area contributed by atoms with Crippen molar-refractivity contribution in [1.29, 1.82) is 0 Å². The van der Waals surface area contributed by atoms with Gasteiger partial charge < -0.3 is 15.2 Å². The summed E-state index contributed by atoms with van der Waals surface area (Å²) in [6.45, 7) is 3.00. The fraction of sp³-hybridized carbons (Fsp3) is 0.188. The zero-order chi connectivity index (χ0) is 15.2. The first-order valence-corrected chi connectivity index (χ1v) is 6.58. The fourth-order valence-electron chi connectivity index (χ4n) is 1.92. The number of hydrogen-bond acceptors (Lipinski definition) is 3. The summed E-state index contributed by atoms with van der Waals surface area (Å²) in [6.07, 6.45) is 0. The van der Waals surface area contributed by atoms with Crippen LogP contribution in [0.15, 0.2) is 42.5 Å². The first kappa shape index (κ1) is 14.8. The number of halogens is 1. The van der Waals surface area contributed by atoms with Crippen molar-refractivity contribution in [1.82, 2.24) is 0 Å². The molecule has 0 aliphatic heterocycles. The van der Waals surface area contributed by atoms with Gasteiger partial charge in [0.2, 0.25) is 0 Å². The van der Waals surface area contributed by atoms with Crippen LogP contribution >= 0.6 is 0 Å². The average molecular weight is 289 g/mol. The maximum absolute atomic E-state index is 13.3. The van der Waals surface area contributed by atoms with Gasteiger partial charge in [-0.3, -0.25) is 0 Å². The van der Waals surface area contributed by atoms with Gasteiger partial charge in [-0.15, -0.1) is 0 Å². The molecule has 110 valence electrons. The molecule has 0 saturated heterocycles. The highest BCUT2D eigenvalue weighted by Crippen LogP contribution is 2.18. The molecule has 0 aliphatic rings. The summed E-state index contributed by atoms with van der Waals surface area (Å²) < 4.78 is 18.7. The zero-order valence-corrected chi connectivity index (χ0v) is 11.6. The Morgan fingerprint density at radius 3 is 2.81 bits per heavy atom. The Bertz CT molecular complexity index is 643. The second kappa shape index (κ2) is 6.74. The van der Waals surface area contributed by atoms with Crippen LogP contribution in [0.1, 0.15) is 22.8 Å². The van der Waals surface area contributed by atoms with E-state index in [1.165, 1.54) is 12.1 Å². The Hall–Kier alpha value is -2.56. The highest BCUT2D eigenvalue weighted by molar-refractivity contribution is 5.89. The quantitative estimate of drug-likeness (QED) is 0.854. The van der Waals surface area contributed by atoms with Crippen LogP contribution in [0.2, 0.25) is 0 Å². The second-order valence-electron chi connectivity index (χ2n) is 4.43. The standard InChI is InChI=1S/C16H16FNO3/c1-2-21-13-5-3-4-11(8-13)10-18-12-6-7-15(17)14(9-12)16(19)20/h3-9,18H,2,10H2,1H3,(H,19,20). The molecule has 2 aromatic rings. The number of nitrogens with one attached hydrogen (secondary N) is 1. The maximum Gasteiger partial charge on any atom is 0.338 e. The summed E-state index contributed by atoms with van der Waals surface area (Å²) in [4.78, 5) is 10.9. The summed E-state index contributed by atoms with van der Waals surface area (Å²) in [7, 11) is 0. The Morgan fingerprint density at radius 1 is 1.29 bits per heavy atom. The number of ether oxygens (including phenoxy) is 1. The van der Waals surface area contributed by atoms with Gasteiger partial charge in [0.25, 0.3) is 0 Å². The molecule has 0 fully saturated rings. The number of hydrogen-bond donors (Lipinski definition) is 2. The lowest BCUT2D eigenvalue weighted by Gasteiger charge is -2.09. The van der Waals surface area contributed by atoms with Crippen molar-refractivity contribution in [2.75, 3.05) is 11.9 Å². The van der Waals surface area contributed by atoms with E-state index in [2.05, 4.69) is 5.32 Å². The molecule has 21 heavy (non-hydrogen) atoms. The molecular weight excluding hydrogens is 273 g/mol. The van der Waals surface area contributed by atoms with Crippen LogP contribution in [-0.2, 0) is 6.54 Å². The van der Waals surface area contributed by atoms with E-state index in [1.807, 2.05) is 31.2 Å². The van der Waals surface area contributed by atoms with Crippen molar-refractivity contribution in [3.05, 3.63) is 59.4 Å². The van der Waals surface area contributed by atoms with Gasteiger partial charge in [-0.1, -0.05) is 12.1 Å². The molecule has 0 aliphatic carbocycles. The van der Waals surface area contributed by atoms with E-state index in [9.17, 15) is 9.18 Å². The zero-order valence-electron chi connectivity index (χ0n) is 11.6. The summed E-state index contributed by atoms with van der Waals surface area (Å²) >= 11 is 0. The first-order valence-electron chi connectivity index (χ1n) is 6.58. The Labute approximate surface area is 122 Å². The van der Waals surface area contributed by atoms with Gasteiger partial charge in [-0.25, -0.2) is 9.18 Å². The lowest BCUT2D eigenvalue weighted by atomic mass is 10.1. The molecule has 2 aromatic carbocycles. The summed E-state index contributed by atoms with van der Waals surface area (Å²) in [5.74, 6) is -1.25. The summed E-state index contributed by atoms with van der Waals surface area (Å²) in [6, 6.07) is 11.5. The monoisotopic (exact) mass is 289 g/mol. The molecule has 0 bridgehead atoms. The van der Waals surface area contributed by atoms with E-state index in [0.29, 0.717) is 18.8 Å². The van der Waals surface area contributed by atoms with Crippen molar-refractivity contribution in [3.63, 3.8) is 0 Å². The van der Waals surface area contributed by atoms with E-state index in [-0.39, 0.29) is 5.56 Å². The van der Waals surface area contributed by atoms with Gasteiger partial charge in [0.1, 0.15) is 11.6 Å². The van der Waals surface area contributed by atoms with Gasteiger partial charge >= 0.3 is 5.97 Å². The molecule has 0 amide bonds. The van der Waals surface area contributed by atoms with Gasteiger partial charge in [-0.05, 0) is 42.8 Å². The Morgan fingerprint density at radius 2 is 2.10 bits per heavy atom. The second-order valence-corrected chi connectivity index (χ2v) is 4.43. The van der Waals surface area contributed by atoms with Crippen molar-refractivity contribution in [2.24, 2.45) is 0 Å². The highest BCUT2D eigenvalue weighted by Gasteiger charge is 2.10. The fourth-order valence-corrected chi connectivity index (χ4v) is 1.92. The summed E-state index contributed by atoms with van der Waals surface area (Å²) in [5, 5.41) is 12.0. The van der Waals surface area contributed by atoms with E-state index >= 15 is 0 Å². The third kappa shape index (κ3) is 3.95. The van der Waals surface area contributed by atoms with Gasteiger partial charge in [0.15, 0.2) is 0 Å².